The number of nitrogens with one attached hydrogen (secondary N) is 1. The van der Waals surface area contributed by atoms with Crippen LogP contribution in [0, 0.1) is 0 Å². The fraction of sp³-hybridized carbons (Fsp3) is 0.333. The van der Waals surface area contributed by atoms with Gasteiger partial charge in [0, 0.05) is 37.6 Å². The SMILES string of the molecule is CNc1ncc(C(=O)N(C)C(C)Cc2cccs2)cc1Cl. The number of rotatable bonds is 5. The maximum absolute atomic E-state index is 12.5. The lowest BCUT2D eigenvalue weighted by molar-refractivity contribution is 0.0743. The van der Waals surface area contributed by atoms with Gasteiger partial charge in [0.1, 0.15) is 5.82 Å². The molecule has 1 unspecified atom stereocenters. The molecule has 112 valence electrons. The molecule has 0 fully saturated rings. The van der Waals surface area contributed by atoms with E-state index in [0.717, 1.165) is 6.42 Å². The molecule has 1 atom stereocenters. The number of nitrogens with zero attached hydrogens (tertiary/aromatic N) is 2. The second-order valence-electron chi connectivity index (χ2n) is 4.85. The molecule has 0 aromatic carbocycles. The highest BCUT2D eigenvalue weighted by Crippen LogP contribution is 2.21. The second kappa shape index (κ2) is 6.91. The first-order valence-corrected chi connectivity index (χ1v) is 7.91. The average molecular weight is 324 g/mol. The molecule has 2 aromatic heterocycles. The van der Waals surface area contributed by atoms with Gasteiger partial charge >= 0.3 is 0 Å². The molecule has 0 aliphatic rings. The summed E-state index contributed by atoms with van der Waals surface area (Å²) in [4.78, 5) is 19.6. The lowest BCUT2D eigenvalue weighted by atomic mass is 10.1. The van der Waals surface area contributed by atoms with Crippen molar-refractivity contribution in [3.8, 4) is 0 Å². The first-order valence-electron chi connectivity index (χ1n) is 6.65. The van der Waals surface area contributed by atoms with Crippen LogP contribution >= 0.6 is 22.9 Å². The van der Waals surface area contributed by atoms with E-state index in [9.17, 15) is 4.79 Å². The minimum absolute atomic E-state index is 0.0730. The highest BCUT2D eigenvalue weighted by Gasteiger charge is 2.19. The molecule has 2 heterocycles. The fourth-order valence-corrected chi connectivity index (χ4v) is 3.09. The van der Waals surface area contributed by atoms with Gasteiger partial charge in [0.05, 0.1) is 10.6 Å². The number of anilines is 1. The predicted molar refractivity (Wildman–Crippen MR) is 88.4 cm³/mol. The molecule has 4 nitrogen and oxygen atoms in total. The molecule has 0 saturated heterocycles. The summed E-state index contributed by atoms with van der Waals surface area (Å²) < 4.78 is 0. The number of thiophene rings is 1. The number of hydrogen-bond acceptors (Lipinski definition) is 4. The van der Waals surface area contributed by atoms with Crippen molar-refractivity contribution in [2.45, 2.75) is 19.4 Å². The van der Waals surface area contributed by atoms with Crippen LogP contribution in [0.25, 0.3) is 0 Å². The van der Waals surface area contributed by atoms with Gasteiger partial charge in [-0.1, -0.05) is 17.7 Å². The third-order valence-electron chi connectivity index (χ3n) is 3.38. The number of carbonyl (C=O) groups excluding carboxylic acids is 1. The van der Waals surface area contributed by atoms with Crippen molar-refractivity contribution in [1.29, 1.82) is 0 Å². The molecule has 2 rings (SSSR count). The van der Waals surface area contributed by atoms with Crippen LogP contribution in [0.2, 0.25) is 5.02 Å². The van der Waals surface area contributed by atoms with Crippen LogP contribution in [0.1, 0.15) is 22.2 Å². The third kappa shape index (κ3) is 3.74. The summed E-state index contributed by atoms with van der Waals surface area (Å²) in [5.41, 5.74) is 0.500. The van der Waals surface area contributed by atoms with Gasteiger partial charge in [-0.05, 0) is 24.4 Å². The van der Waals surface area contributed by atoms with E-state index in [0.29, 0.717) is 16.4 Å². The molecule has 1 amide bonds. The summed E-state index contributed by atoms with van der Waals surface area (Å²) in [5, 5.41) is 5.37. The van der Waals surface area contributed by atoms with Crippen LogP contribution in [-0.2, 0) is 6.42 Å². The Balaban J connectivity index is 2.09. The van der Waals surface area contributed by atoms with Gasteiger partial charge < -0.3 is 10.2 Å². The molecule has 2 aromatic rings. The van der Waals surface area contributed by atoms with E-state index in [1.807, 2.05) is 18.4 Å². The largest absolute Gasteiger partial charge is 0.372 e. The van der Waals surface area contributed by atoms with Gasteiger partial charge in [0.25, 0.3) is 5.91 Å². The summed E-state index contributed by atoms with van der Waals surface area (Å²) in [6.07, 6.45) is 2.39. The Hall–Kier alpha value is -1.59. The Labute approximate surface area is 133 Å². The van der Waals surface area contributed by atoms with Gasteiger partial charge in [-0.25, -0.2) is 4.98 Å². The van der Waals surface area contributed by atoms with E-state index in [2.05, 4.69) is 16.4 Å². The Morgan fingerprint density at radius 3 is 2.90 bits per heavy atom. The summed E-state index contributed by atoms with van der Waals surface area (Å²) in [6.45, 7) is 2.04. The van der Waals surface area contributed by atoms with Crippen molar-refractivity contribution >= 4 is 34.7 Å². The Morgan fingerprint density at radius 1 is 1.57 bits per heavy atom. The summed E-state index contributed by atoms with van der Waals surface area (Å²) in [7, 11) is 3.55. The molecular weight excluding hydrogens is 306 g/mol. The molecule has 0 bridgehead atoms. The number of hydrogen-bond donors (Lipinski definition) is 1. The molecule has 0 radical (unpaired) electrons. The Kier molecular flexibility index (Phi) is 5.20. The predicted octanol–water partition coefficient (Wildman–Crippen LogP) is 3.54. The number of aromatic nitrogens is 1. The van der Waals surface area contributed by atoms with Crippen LogP contribution < -0.4 is 5.32 Å². The van der Waals surface area contributed by atoms with Crippen molar-refractivity contribution in [1.82, 2.24) is 9.88 Å². The van der Waals surface area contributed by atoms with Crippen molar-refractivity contribution in [3.05, 3.63) is 45.2 Å². The number of amides is 1. The maximum Gasteiger partial charge on any atom is 0.255 e. The Bertz CT molecular complexity index is 615. The van der Waals surface area contributed by atoms with Crippen molar-refractivity contribution in [2.24, 2.45) is 0 Å². The lowest BCUT2D eigenvalue weighted by Gasteiger charge is -2.24. The van der Waals surface area contributed by atoms with Gasteiger partial charge in [-0.3, -0.25) is 4.79 Å². The monoisotopic (exact) mass is 323 g/mol. The zero-order valence-corrected chi connectivity index (χ0v) is 13.8. The molecule has 0 aliphatic carbocycles. The van der Waals surface area contributed by atoms with Gasteiger partial charge in [0.15, 0.2) is 0 Å². The van der Waals surface area contributed by atoms with Crippen LogP contribution in [-0.4, -0.2) is 35.9 Å². The van der Waals surface area contributed by atoms with Gasteiger partial charge in [0.2, 0.25) is 0 Å². The van der Waals surface area contributed by atoms with Crippen LogP contribution in [0.3, 0.4) is 0 Å². The first kappa shape index (κ1) is 15.8. The minimum Gasteiger partial charge on any atom is -0.372 e. The second-order valence-corrected chi connectivity index (χ2v) is 6.29. The van der Waals surface area contributed by atoms with Crippen LogP contribution in [0.5, 0.6) is 0 Å². The zero-order chi connectivity index (χ0) is 15.4. The zero-order valence-electron chi connectivity index (χ0n) is 12.3. The summed E-state index contributed by atoms with van der Waals surface area (Å²) in [5.74, 6) is 0.499. The van der Waals surface area contributed by atoms with Crippen LogP contribution in [0.15, 0.2) is 29.8 Å². The van der Waals surface area contributed by atoms with Crippen molar-refractivity contribution in [3.63, 3.8) is 0 Å². The highest BCUT2D eigenvalue weighted by molar-refractivity contribution is 7.09. The summed E-state index contributed by atoms with van der Waals surface area (Å²) >= 11 is 7.78. The highest BCUT2D eigenvalue weighted by atomic mass is 35.5. The van der Waals surface area contributed by atoms with E-state index < -0.39 is 0 Å². The number of pyridine rings is 1. The average Bonchev–Trinajstić information content (AvgIpc) is 2.98. The third-order valence-corrected chi connectivity index (χ3v) is 4.57. The quantitative estimate of drug-likeness (QED) is 0.915. The number of carbonyl (C=O) groups is 1. The first-order chi connectivity index (χ1) is 10.0. The smallest absolute Gasteiger partial charge is 0.255 e. The van der Waals surface area contributed by atoms with Crippen molar-refractivity contribution < 1.29 is 4.79 Å². The minimum atomic E-state index is -0.0730. The molecule has 1 N–H and O–H groups in total. The topological polar surface area (TPSA) is 45.2 Å². The molecule has 0 aliphatic heterocycles. The molecular formula is C15H18ClN3OS. The molecule has 0 saturated carbocycles. The number of likely N-dealkylation sites (N-methyl/N-ethyl adjacent to an activating group) is 1. The number of halogens is 1. The van der Waals surface area contributed by atoms with Crippen LogP contribution in [0.4, 0.5) is 5.82 Å². The standard InChI is InChI=1S/C15H18ClN3OS/c1-10(7-12-5-4-6-21-12)19(3)15(20)11-8-13(16)14(17-2)18-9-11/h4-6,8-10H,7H2,1-3H3,(H,17,18). The normalized spacial score (nSPS) is 12.0. The molecule has 21 heavy (non-hydrogen) atoms. The van der Waals surface area contributed by atoms with E-state index >= 15 is 0 Å². The van der Waals surface area contributed by atoms with Crippen molar-refractivity contribution in [2.75, 3.05) is 19.4 Å². The van der Waals surface area contributed by atoms with E-state index in [4.69, 9.17) is 11.6 Å². The molecule has 0 spiro atoms. The van der Waals surface area contributed by atoms with E-state index in [1.165, 1.54) is 4.88 Å². The maximum atomic E-state index is 12.5. The molecule has 6 heteroatoms. The fourth-order valence-electron chi connectivity index (χ4n) is 2.00. The van der Waals surface area contributed by atoms with Gasteiger partial charge in [-0.2, -0.15) is 0 Å². The van der Waals surface area contributed by atoms with E-state index in [1.54, 1.807) is 42.6 Å². The summed E-state index contributed by atoms with van der Waals surface area (Å²) in [6, 6.07) is 5.87. The lowest BCUT2D eigenvalue weighted by Crippen LogP contribution is -2.36. The Morgan fingerprint density at radius 2 is 2.33 bits per heavy atom. The van der Waals surface area contributed by atoms with E-state index in [-0.39, 0.29) is 11.9 Å². The van der Waals surface area contributed by atoms with Gasteiger partial charge in [-0.15, -0.1) is 11.3 Å².